The van der Waals surface area contributed by atoms with Gasteiger partial charge in [0, 0.05) is 6.07 Å². The van der Waals surface area contributed by atoms with Crippen LogP contribution in [-0.4, -0.2) is 24.5 Å². The minimum atomic E-state index is -5.14. The minimum absolute atomic E-state index is 0.0709. The van der Waals surface area contributed by atoms with Gasteiger partial charge in [-0.1, -0.05) is 17.5 Å². The summed E-state index contributed by atoms with van der Waals surface area (Å²) in [5.41, 5.74) is -0.489. The first-order valence-electron chi connectivity index (χ1n) is 5.60. The number of ether oxygens (including phenoxy) is 1. The van der Waals surface area contributed by atoms with E-state index in [0.717, 1.165) is 12.1 Å². The average Bonchev–Trinajstić information content (AvgIpc) is 2.39. The Balaban J connectivity index is 2.87. The molecule has 0 heterocycles. The Morgan fingerprint density at radius 2 is 2.00 bits per heavy atom. The van der Waals surface area contributed by atoms with Gasteiger partial charge < -0.3 is 10.1 Å². The normalized spacial score (nSPS) is 10.7. The van der Waals surface area contributed by atoms with Crippen LogP contribution in [0.4, 0.5) is 23.2 Å². The summed E-state index contributed by atoms with van der Waals surface area (Å²) in [4.78, 5) is 22.0. The molecule has 1 rings (SSSR count). The Morgan fingerprint density at radius 3 is 2.55 bits per heavy atom. The third-order valence-corrected chi connectivity index (χ3v) is 2.54. The van der Waals surface area contributed by atoms with E-state index in [1.807, 2.05) is 5.32 Å². The fourth-order valence-electron chi connectivity index (χ4n) is 1.30. The number of anilines is 1. The number of hydrogen-bond acceptors (Lipinski definition) is 3. The Morgan fingerprint density at radius 1 is 1.36 bits per heavy atom. The van der Waals surface area contributed by atoms with E-state index in [2.05, 4.69) is 5.92 Å². The largest absolute Gasteiger partial charge is 0.479 e. The van der Waals surface area contributed by atoms with Crippen LogP contribution < -0.4 is 10.1 Å². The van der Waals surface area contributed by atoms with Crippen LogP contribution in [0.3, 0.4) is 0 Å². The van der Waals surface area contributed by atoms with Crippen LogP contribution in [0, 0.1) is 18.2 Å². The van der Waals surface area contributed by atoms with Crippen LogP contribution >= 0.6 is 11.6 Å². The summed E-state index contributed by atoms with van der Waals surface area (Å²) in [6.07, 6.45) is -1.64. The molecule has 9 heteroatoms. The topological polar surface area (TPSA) is 55.4 Å². The molecule has 1 amide bonds. The minimum Gasteiger partial charge on any atom is -0.479 e. The number of carbonyl (C=O) groups is 2. The van der Waals surface area contributed by atoms with Crippen LogP contribution in [0.2, 0.25) is 5.02 Å². The lowest BCUT2D eigenvalue weighted by Gasteiger charge is -2.11. The molecule has 0 aliphatic rings. The third-order valence-electron chi connectivity index (χ3n) is 2.24. The van der Waals surface area contributed by atoms with E-state index in [4.69, 9.17) is 22.8 Å². The second kappa shape index (κ2) is 7.13. The maximum absolute atomic E-state index is 13.6. The Kier molecular flexibility index (Phi) is 5.77. The van der Waals surface area contributed by atoms with Crippen molar-refractivity contribution in [3.8, 4) is 18.1 Å². The van der Waals surface area contributed by atoms with E-state index in [1.54, 1.807) is 0 Å². The molecular formula is C13H8ClF4NO3. The van der Waals surface area contributed by atoms with Crippen LogP contribution in [0.5, 0.6) is 5.75 Å². The highest BCUT2D eigenvalue weighted by Crippen LogP contribution is 2.30. The molecule has 0 spiro atoms. The summed E-state index contributed by atoms with van der Waals surface area (Å²) >= 11 is 5.67. The molecule has 118 valence electrons. The highest BCUT2D eigenvalue weighted by atomic mass is 35.5. The molecule has 1 aromatic rings. The van der Waals surface area contributed by atoms with Gasteiger partial charge in [0.1, 0.15) is 18.2 Å². The first kappa shape index (κ1) is 17.8. The number of Topliss-reactive ketones (excluding diaryl/α,β-unsaturated/α-hetero) is 1. The molecule has 0 aromatic heterocycles. The lowest BCUT2D eigenvalue weighted by Crippen LogP contribution is -2.28. The predicted octanol–water partition coefficient (Wildman–Crippen LogP) is 2.95. The average molecular weight is 338 g/mol. The molecule has 0 saturated carbocycles. The number of alkyl halides is 3. The molecule has 1 N–H and O–H groups in total. The van der Waals surface area contributed by atoms with Gasteiger partial charge in [0.2, 0.25) is 11.7 Å². The standard InChI is InChI=1S/C13H8ClF4NO3/c1-2-3-22-10-5-9(8(15)4-7(10)14)19-12(21)6-11(20)13(16,17)18/h1,4-5H,3,6H2,(H,19,21). The quantitative estimate of drug-likeness (QED) is 0.510. The number of amides is 1. The van der Waals surface area contributed by atoms with Gasteiger partial charge in [-0.05, 0) is 6.07 Å². The van der Waals surface area contributed by atoms with Gasteiger partial charge in [-0.25, -0.2) is 4.39 Å². The summed E-state index contributed by atoms with van der Waals surface area (Å²) < 4.78 is 54.6. The highest BCUT2D eigenvalue weighted by molar-refractivity contribution is 6.32. The van der Waals surface area contributed by atoms with Gasteiger partial charge in [-0.2, -0.15) is 13.2 Å². The van der Waals surface area contributed by atoms with Gasteiger partial charge in [0.05, 0.1) is 17.1 Å². The molecule has 0 radical (unpaired) electrons. The zero-order valence-corrected chi connectivity index (χ0v) is 11.5. The van der Waals surface area contributed by atoms with E-state index in [0.29, 0.717) is 0 Å². The van der Waals surface area contributed by atoms with E-state index >= 15 is 0 Å². The molecule has 0 aliphatic carbocycles. The van der Waals surface area contributed by atoms with E-state index in [9.17, 15) is 27.2 Å². The summed E-state index contributed by atoms with van der Waals surface area (Å²) in [5.74, 6) is -2.52. The Bertz CT molecular complexity index is 637. The maximum atomic E-state index is 13.6. The molecule has 1 aromatic carbocycles. The summed E-state index contributed by atoms with van der Waals surface area (Å²) in [6, 6.07) is 1.74. The van der Waals surface area contributed by atoms with Gasteiger partial charge in [-0.15, -0.1) is 6.42 Å². The molecule has 0 unspecified atom stereocenters. The van der Waals surface area contributed by atoms with Crippen molar-refractivity contribution >= 4 is 29.0 Å². The second-order valence-electron chi connectivity index (χ2n) is 3.90. The van der Waals surface area contributed by atoms with Crippen molar-refractivity contribution in [2.75, 3.05) is 11.9 Å². The van der Waals surface area contributed by atoms with Crippen molar-refractivity contribution in [2.45, 2.75) is 12.6 Å². The van der Waals surface area contributed by atoms with E-state index < -0.39 is 35.8 Å². The van der Waals surface area contributed by atoms with Crippen molar-refractivity contribution in [3.05, 3.63) is 23.0 Å². The summed E-state index contributed by atoms with van der Waals surface area (Å²) in [6.45, 7) is -0.189. The lowest BCUT2D eigenvalue weighted by molar-refractivity contribution is -0.171. The number of hydrogen-bond donors (Lipinski definition) is 1. The number of carbonyl (C=O) groups excluding carboxylic acids is 2. The highest BCUT2D eigenvalue weighted by Gasteiger charge is 2.39. The van der Waals surface area contributed by atoms with Crippen molar-refractivity contribution in [1.29, 1.82) is 0 Å². The third kappa shape index (κ3) is 4.93. The SMILES string of the molecule is C#CCOc1cc(NC(=O)CC(=O)C(F)(F)F)c(F)cc1Cl. The van der Waals surface area contributed by atoms with Crippen molar-refractivity contribution < 1.29 is 31.9 Å². The van der Waals surface area contributed by atoms with E-state index in [1.165, 1.54) is 0 Å². The molecule has 22 heavy (non-hydrogen) atoms. The van der Waals surface area contributed by atoms with Crippen molar-refractivity contribution in [1.82, 2.24) is 0 Å². The van der Waals surface area contributed by atoms with Crippen LogP contribution in [0.25, 0.3) is 0 Å². The molecule has 0 saturated heterocycles. The van der Waals surface area contributed by atoms with Crippen LogP contribution in [-0.2, 0) is 9.59 Å². The number of benzene rings is 1. The number of nitrogens with one attached hydrogen (secondary N) is 1. The number of ketones is 1. The maximum Gasteiger partial charge on any atom is 0.450 e. The molecule has 0 fully saturated rings. The van der Waals surface area contributed by atoms with Gasteiger partial charge in [-0.3, -0.25) is 9.59 Å². The summed E-state index contributed by atoms with van der Waals surface area (Å²) in [7, 11) is 0. The summed E-state index contributed by atoms with van der Waals surface area (Å²) in [5, 5.41) is 1.69. The van der Waals surface area contributed by atoms with Gasteiger partial charge in [0.25, 0.3) is 0 Å². The van der Waals surface area contributed by atoms with Crippen molar-refractivity contribution in [3.63, 3.8) is 0 Å². The fraction of sp³-hybridized carbons (Fsp3) is 0.231. The zero-order valence-electron chi connectivity index (χ0n) is 10.8. The smallest absolute Gasteiger partial charge is 0.450 e. The Hall–Kier alpha value is -2.27. The fourth-order valence-corrected chi connectivity index (χ4v) is 1.50. The number of rotatable bonds is 5. The van der Waals surface area contributed by atoms with Gasteiger partial charge in [0.15, 0.2) is 0 Å². The monoisotopic (exact) mass is 337 g/mol. The predicted molar refractivity (Wildman–Crippen MR) is 70.0 cm³/mol. The second-order valence-corrected chi connectivity index (χ2v) is 4.31. The molecule has 4 nitrogen and oxygen atoms in total. The van der Waals surface area contributed by atoms with Gasteiger partial charge >= 0.3 is 6.18 Å². The number of halogens is 5. The van der Waals surface area contributed by atoms with E-state index in [-0.39, 0.29) is 17.4 Å². The Labute approximate surface area is 127 Å². The molecule has 0 aliphatic heterocycles. The zero-order chi connectivity index (χ0) is 16.9. The first-order valence-corrected chi connectivity index (χ1v) is 5.98. The molecule has 0 atom stereocenters. The first-order chi connectivity index (χ1) is 10.1. The molecular weight excluding hydrogens is 330 g/mol. The number of terminal acetylenes is 1. The van der Waals surface area contributed by atoms with Crippen molar-refractivity contribution in [2.24, 2.45) is 0 Å². The molecule has 0 bridgehead atoms. The van der Waals surface area contributed by atoms with Crippen LogP contribution in [0.15, 0.2) is 12.1 Å². The van der Waals surface area contributed by atoms with Crippen LogP contribution in [0.1, 0.15) is 6.42 Å². The lowest BCUT2D eigenvalue weighted by atomic mass is 10.2.